The number of aryl methyl sites for hydroxylation is 1. The molecule has 0 N–H and O–H groups in total. The second-order valence-electron chi connectivity index (χ2n) is 5.88. The standard InChI is InChI=1S/C16H15F4N3O2/c1-22-6-9(15(24)25-2)3-13(22)14-12(17)4-11(5-21-14)23-7-10(8-23)16(18,19)20/h3-6,10H,7-8H2,1-2H3. The van der Waals surface area contributed by atoms with Crippen LogP contribution in [0.2, 0.25) is 0 Å². The summed E-state index contributed by atoms with van der Waals surface area (Å²) in [5.74, 6) is -2.63. The third-order valence-corrected chi connectivity index (χ3v) is 4.21. The first-order chi connectivity index (χ1) is 11.7. The van der Waals surface area contributed by atoms with Gasteiger partial charge in [-0.1, -0.05) is 0 Å². The minimum atomic E-state index is -4.24. The van der Waals surface area contributed by atoms with Crippen LogP contribution in [-0.2, 0) is 11.8 Å². The zero-order valence-electron chi connectivity index (χ0n) is 13.5. The molecule has 0 spiro atoms. The van der Waals surface area contributed by atoms with Crippen LogP contribution >= 0.6 is 0 Å². The molecule has 0 unspecified atom stereocenters. The first kappa shape index (κ1) is 17.2. The number of carbonyl (C=O) groups excluding carboxylic acids is 1. The Morgan fingerprint density at radius 2 is 2.00 bits per heavy atom. The maximum atomic E-state index is 14.4. The largest absolute Gasteiger partial charge is 0.465 e. The lowest BCUT2D eigenvalue weighted by molar-refractivity contribution is -0.180. The summed E-state index contributed by atoms with van der Waals surface area (Å²) < 4.78 is 58.2. The minimum absolute atomic E-state index is 0.00861. The third-order valence-electron chi connectivity index (χ3n) is 4.21. The summed E-state index contributed by atoms with van der Waals surface area (Å²) in [5.41, 5.74) is 0.917. The molecule has 0 atom stereocenters. The van der Waals surface area contributed by atoms with Crippen molar-refractivity contribution in [3.05, 3.63) is 35.9 Å². The van der Waals surface area contributed by atoms with Crippen molar-refractivity contribution in [1.82, 2.24) is 9.55 Å². The highest BCUT2D eigenvalue weighted by Gasteiger charge is 2.47. The number of aromatic nitrogens is 2. The number of hydrogen-bond donors (Lipinski definition) is 0. The molecule has 3 heterocycles. The van der Waals surface area contributed by atoms with Crippen LogP contribution in [0.1, 0.15) is 10.4 Å². The predicted molar refractivity (Wildman–Crippen MR) is 81.7 cm³/mol. The minimum Gasteiger partial charge on any atom is -0.465 e. The van der Waals surface area contributed by atoms with Gasteiger partial charge in [0.2, 0.25) is 0 Å². The van der Waals surface area contributed by atoms with Crippen molar-refractivity contribution in [2.24, 2.45) is 13.0 Å². The highest BCUT2D eigenvalue weighted by molar-refractivity contribution is 5.90. The molecule has 1 aliphatic rings. The fraction of sp³-hybridized carbons (Fsp3) is 0.375. The summed E-state index contributed by atoms with van der Waals surface area (Å²) in [5, 5.41) is 0. The number of halogens is 4. The van der Waals surface area contributed by atoms with Gasteiger partial charge in [-0.25, -0.2) is 14.2 Å². The summed E-state index contributed by atoms with van der Waals surface area (Å²) in [6.45, 7) is -0.415. The number of carbonyl (C=O) groups is 1. The Morgan fingerprint density at radius 3 is 2.56 bits per heavy atom. The number of alkyl halides is 3. The Labute approximate surface area is 140 Å². The van der Waals surface area contributed by atoms with Crippen molar-refractivity contribution in [1.29, 1.82) is 0 Å². The van der Waals surface area contributed by atoms with Crippen LogP contribution in [0.5, 0.6) is 0 Å². The molecule has 0 aliphatic carbocycles. The van der Waals surface area contributed by atoms with E-state index in [1.165, 1.54) is 35.0 Å². The fourth-order valence-electron chi connectivity index (χ4n) is 2.72. The number of rotatable bonds is 3. The Kier molecular flexibility index (Phi) is 4.18. The maximum Gasteiger partial charge on any atom is 0.395 e. The second kappa shape index (κ2) is 6.05. The van der Waals surface area contributed by atoms with Gasteiger partial charge in [-0.2, -0.15) is 13.2 Å². The van der Waals surface area contributed by atoms with Gasteiger partial charge >= 0.3 is 12.1 Å². The zero-order chi connectivity index (χ0) is 18.4. The molecule has 0 aromatic carbocycles. The van der Waals surface area contributed by atoms with E-state index in [2.05, 4.69) is 9.72 Å². The molecule has 2 aromatic rings. The van der Waals surface area contributed by atoms with Gasteiger partial charge in [-0.05, 0) is 6.07 Å². The van der Waals surface area contributed by atoms with Gasteiger partial charge in [-0.3, -0.25) is 0 Å². The number of anilines is 1. The molecule has 0 bridgehead atoms. The molecule has 0 radical (unpaired) electrons. The topological polar surface area (TPSA) is 47.4 Å². The van der Waals surface area contributed by atoms with Crippen LogP contribution in [0.3, 0.4) is 0 Å². The van der Waals surface area contributed by atoms with E-state index >= 15 is 0 Å². The average molecular weight is 357 g/mol. The number of ether oxygens (including phenoxy) is 1. The van der Waals surface area contributed by atoms with Gasteiger partial charge in [0.25, 0.3) is 0 Å². The van der Waals surface area contributed by atoms with E-state index in [9.17, 15) is 22.4 Å². The molecule has 25 heavy (non-hydrogen) atoms. The Balaban J connectivity index is 1.82. The van der Waals surface area contributed by atoms with Crippen LogP contribution < -0.4 is 4.90 Å². The summed E-state index contributed by atoms with van der Waals surface area (Å²) in [7, 11) is 2.87. The summed E-state index contributed by atoms with van der Waals surface area (Å²) in [6, 6.07) is 2.60. The highest BCUT2D eigenvalue weighted by Crippen LogP contribution is 2.36. The van der Waals surface area contributed by atoms with Gasteiger partial charge in [-0.15, -0.1) is 0 Å². The molecule has 1 saturated heterocycles. The quantitative estimate of drug-likeness (QED) is 0.626. The van der Waals surface area contributed by atoms with Gasteiger partial charge in [0.05, 0.1) is 36.2 Å². The first-order valence-corrected chi connectivity index (χ1v) is 7.43. The molecule has 1 fully saturated rings. The number of pyridine rings is 1. The van der Waals surface area contributed by atoms with Gasteiger partial charge in [0.15, 0.2) is 5.82 Å². The maximum absolute atomic E-state index is 14.4. The normalized spacial score (nSPS) is 15.2. The van der Waals surface area contributed by atoms with E-state index in [-0.39, 0.29) is 24.3 Å². The first-order valence-electron chi connectivity index (χ1n) is 7.43. The van der Waals surface area contributed by atoms with E-state index in [1.807, 2.05) is 0 Å². The lowest BCUT2D eigenvalue weighted by atomic mass is 9.99. The second-order valence-corrected chi connectivity index (χ2v) is 5.88. The molecule has 0 amide bonds. The van der Waals surface area contributed by atoms with Crippen LogP contribution in [0.15, 0.2) is 24.5 Å². The van der Waals surface area contributed by atoms with Crippen molar-refractivity contribution in [3.8, 4) is 11.4 Å². The van der Waals surface area contributed by atoms with E-state index in [0.29, 0.717) is 11.4 Å². The van der Waals surface area contributed by atoms with Crippen molar-refractivity contribution >= 4 is 11.7 Å². The van der Waals surface area contributed by atoms with Crippen LogP contribution in [0, 0.1) is 11.7 Å². The Morgan fingerprint density at radius 1 is 1.32 bits per heavy atom. The number of nitrogens with zero attached hydrogens (tertiary/aromatic N) is 3. The predicted octanol–water partition coefficient (Wildman–Crippen LogP) is 3.01. The Hall–Kier alpha value is -2.58. The molecular weight excluding hydrogens is 342 g/mol. The number of esters is 1. The van der Waals surface area contributed by atoms with Crippen LogP contribution in [0.25, 0.3) is 11.4 Å². The van der Waals surface area contributed by atoms with Gasteiger partial charge in [0, 0.05) is 32.4 Å². The summed E-state index contributed by atoms with van der Waals surface area (Å²) in [6.07, 6.45) is -1.43. The molecule has 9 heteroatoms. The zero-order valence-corrected chi connectivity index (χ0v) is 13.5. The van der Waals surface area contributed by atoms with Crippen LogP contribution in [0.4, 0.5) is 23.2 Å². The van der Waals surface area contributed by atoms with Crippen molar-refractivity contribution in [2.75, 3.05) is 25.1 Å². The smallest absolute Gasteiger partial charge is 0.395 e. The van der Waals surface area contributed by atoms with Crippen molar-refractivity contribution in [2.45, 2.75) is 6.18 Å². The molecule has 3 rings (SSSR count). The molecule has 1 aliphatic heterocycles. The molecule has 134 valence electrons. The lowest BCUT2D eigenvalue weighted by Crippen LogP contribution is -2.53. The lowest BCUT2D eigenvalue weighted by Gasteiger charge is -2.41. The SMILES string of the molecule is COC(=O)c1cc(-c2ncc(N3CC(C(F)(F)F)C3)cc2F)n(C)c1. The number of methoxy groups -OCH3 is 1. The average Bonchev–Trinajstić information content (AvgIpc) is 2.85. The third kappa shape index (κ3) is 3.18. The molecule has 0 saturated carbocycles. The summed E-state index contributed by atoms with van der Waals surface area (Å²) >= 11 is 0. The highest BCUT2D eigenvalue weighted by atomic mass is 19.4. The van der Waals surface area contributed by atoms with E-state index in [1.54, 1.807) is 7.05 Å². The number of hydrogen-bond acceptors (Lipinski definition) is 4. The van der Waals surface area contributed by atoms with Crippen molar-refractivity contribution < 1.29 is 27.1 Å². The summed E-state index contributed by atoms with van der Waals surface area (Å²) in [4.78, 5) is 17.0. The fourth-order valence-corrected chi connectivity index (χ4v) is 2.72. The monoisotopic (exact) mass is 357 g/mol. The molecule has 2 aromatic heterocycles. The van der Waals surface area contributed by atoms with Crippen molar-refractivity contribution in [3.63, 3.8) is 0 Å². The van der Waals surface area contributed by atoms with Crippen LogP contribution in [-0.4, -0.2) is 41.9 Å². The Bertz CT molecular complexity index is 810. The molecule has 5 nitrogen and oxygen atoms in total. The molecular formula is C16H15F4N3O2. The van der Waals surface area contributed by atoms with E-state index in [4.69, 9.17) is 0 Å². The van der Waals surface area contributed by atoms with E-state index < -0.39 is 23.9 Å². The van der Waals surface area contributed by atoms with Gasteiger partial charge in [0.1, 0.15) is 5.69 Å². The van der Waals surface area contributed by atoms with E-state index in [0.717, 1.165) is 6.07 Å². The van der Waals surface area contributed by atoms with Gasteiger partial charge < -0.3 is 14.2 Å².